The maximum Gasteiger partial charge on any atom is 0.173 e. The lowest BCUT2D eigenvalue weighted by Crippen LogP contribution is -2.30. The quantitative estimate of drug-likeness (QED) is 0.348. The molecule has 2 rings (SSSR count). The number of aromatic nitrogens is 1. The third-order valence-corrected chi connectivity index (χ3v) is 3.14. The zero-order valence-corrected chi connectivity index (χ0v) is 10.7. The second-order valence-corrected chi connectivity index (χ2v) is 4.75. The van der Waals surface area contributed by atoms with Crippen molar-refractivity contribution in [2.45, 2.75) is 26.2 Å². The molecule has 3 N–H and O–H groups in total. The highest BCUT2D eigenvalue weighted by Gasteiger charge is 2.26. The number of nitrogens with zero attached hydrogens (tertiary/aromatic N) is 3. The van der Waals surface area contributed by atoms with Gasteiger partial charge in [0.15, 0.2) is 5.84 Å². The molecule has 0 saturated heterocycles. The predicted molar refractivity (Wildman–Crippen MR) is 72.0 cm³/mol. The Balaban J connectivity index is 2.27. The van der Waals surface area contributed by atoms with Crippen molar-refractivity contribution in [2.24, 2.45) is 16.8 Å². The summed E-state index contributed by atoms with van der Waals surface area (Å²) in [5, 5.41) is 11.9. The van der Waals surface area contributed by atoms with Crippen LogP contribution < -0.4 is 10.6 Å². The summed E-state index contributed by atoms with van der Waals surface area (Å²) in [6, 6.07) is 3.64. The molecule has 1 aliphatic carbocycles. The van der Waals surface area contributed by atoms with Crippen molar-refractivity contribution in [3.05, 3.63) is 23.9 Å². The first kappa shape index (κ1) is 12.7. The molecule has 1 aliphatic rings. The van der Waals surface area contributed by atoms with Gasteiger partial charge in [-0.05, 0) is 37.3 Å². The summed E-state index contributed by atoms with van der Waals surface area (Å²) in [6.45, 7) is 4.10. The number of rotatable bonds is 6. The van der Waals surface area contributed by atoms with E-state index in [9.17, 15) is 0 Å². The highest BCUT2D eigenvalue weighted by molar-refractivity contribution is 6.01. The minimum atomic E-state index is 0.120. The highest BCUT2D eigenvalue weighted by Crippen LogP contribution is 2.31. The van der Waals surface area contributed by atoms with Crippen molar-refractivity contribution in [3.63, 3.8) is 0 Å². The van der Waals surface area contributed by atoms with Crippen LogP contribution in [-0.4, -0.2) is 29.1 Å². The molecule has 5 nitrogen and oxygen atoms in total. The fourth-order valence-electron chi connectivity index (χ4n) is 2.07. The predicted octanol–water partition coefficient (Wildman–Crippen LogP) is 1.80. The number of hydrogen-bond donors (Lipinski definition) is 2. The van der Waals surface area contributed by atoms with Gasteiger partial charge in [0.1, 0.15) is 5.82 Å². The molecule has 1 aromatic rings. The molecule has 0 amide bonds. The van der Waals surface area contributed by atoms with Gasteiger partial charge >= 0.3 is 0 Å². The molecule has 18 heavy (non-hydrogen) atoms. The number of oxime groups is 1. The Morgan fingerprint density at radius 1 is 1.61 bits per heavy atom. The zero-order chi connectivity index (χ0) is 13.0. The summed E-state index contributed by atoms with van der Waals surface area (Å²) in [4.78, 5) is 6.64. The second-order valence-electron chi connectivity index (χ2n) is 4.75. The van der Waals surface area contributed by atoms with Gasteiger partial charge in [0, 0.05) is 19.3 Å². The number of anilines is 1. The van der Waals surface area contributed by atoms with E-state index in [4.69, 9.17) is 10.9 Å². The lowest BCUT2D eigenvalue weighted by Gasteiger charge is -2.25. The van der Waals surface area contributed by atoms with Crippen LogP contribution in [0.25, 0.3) is 0 Å². The summed E-state index contributed by atoms with van der Waals surface area (Å²) >= 11 is 0. The Labute approximate surface area is 107 Å². The lowest BCUT2D eigenvalue weighted by atomic mass is 10.2. The van der Waals surface area contributed by atoms with Crippen LogP contribution in [0.1, 0.15) is 31.7 Å². The first-order valence-corrected chi connectivity index (χ1v) is 6.44. The average molecular weight is 248 g/mol. The van der Waals surface area contributed by atoms with Gasteiger partial charge in [0.05, 0.1) is 5.56 Å². The molecule has 0 aliphatic heterocycles. The van der Waals surface area contributed by atoms with Crippen molar-refractivity contribution in [3.8, 4) is 0 Å². The maximum absolute atomic E-state index is 8.84. The van der Waals surface area contributed by atoms with Crippen LogP contribution in [-0.2, 0) is 0 Å². The molecule has 5 heteroatoms. The van der Waals surface area contributed by atoms with Gasteiger partial charge in [-0.2, -0.15) is 0 Å². The molecule has 1 saturated carbocycles. The van der Waals surface area contributed by atoms with Crippen LogP contribution in [0.5, 0.6) is 0 Å². The maximum atomic E-state index is 8.84. The smallest absolute Gasteiger partial charge is 0.173 e. The van der Waals surface area contributed by atoms with E-state index in [1.54, 1.807) is 12.3 Å². The van der Waals surface area contributed by atoms with Gasteiger partial charge in [-0.25, -0.2) is 4.98 Å². The van der Waals surface area contributed by atoms with E-state index in [2.05, 4.69) is 22.0 Å². The summed E-state index contributed by atoms with van der Waals surface area (Å²) in [7, 11) is 0. The van der Waals surface area contributed by atoms with Gasteiger partial charge in [0.2, 0.25) is 0 Å². The van der Waals surface area contributed by atoms with Crippen molar-refractivity contribution >= 4 is 11.7 Å². The number of hydrogen-bond acceptors (Lipinski definition) is 4. The zero-order valence-electron chi connectivity index (χ0n) is 10.7. The molecule has 1 fully saturated rings. The molecule has 0 atom stereocenters. The normalized spacial score (nSPS) is 15.7. The highest BCUT2D eigenvalue weighted by atomic mass is 16.4. The lowest BCUT2D eigenvalue weighted by molar-refractivity contribution is 0.318. The monoisotopic (exact) mass is 248 g/mol. The topological polar surface area (TPSA) is 74.7 Å². The van der Waals surface area contributed by atoms with E-state index in [0.29, 0.717) is 5.56 Å². The van der Waals surface area contributed by atoms with E-state index in [1.807, 2.05) is 6.07 Å². The SMILES string of the molecule is CCCN(CC1CC1)c1ncccc1C(N)=NO. The fourth-order valence-corrected chi connectivity index (χ4v) is 2.07. The van der Waals surface area contributed by atoms with E-state index < -0.39 is 0 Å². The van der Waals surface area contributed by atoms with Gasteiger partial charge in [-0.3, -0.25) is 0 Å². The third kappa shape index (κ3) is 2.91. The van der Waals surface area contributed by atoms with Crippen LogP contribution >= 0.6 is 0 Å². The average Bonchev–Trinajstić information content (AvgIpc) is 3.21. The van der Waals surface area contributed by atoms with E-state index in [0.717, 1.165) is 31.2 Å². The second kappa shape index (κ2) is 5.71. The summed E-state index contributed by atoms with van der Waals surface area (Å²) in [5.74, 6) is 1.72. The van der Waals surface area contributed by atoms with Crippen LogP contribution in [0, 0.1) is 5.92 Å². The van der Waals surface area contributed by atoms with Crippen molar-refractivity contribution in [2.75, 3.05) is 18.0 Å². The Bertz CT molecular complexity index is 429. The van der Waals surface area contributed by atoms with E-state index in [-0.39, 0.29) is 5.84 Å². The molecular weight excluding hydrogens is 228 g/mol. The number of amidine groups is 1. The molecule has 0 bridgehead atoms. The van der Waals surface area contributed by atoms with Crippen LogP contribution in [0.2, 0.25) is 0 Å². The van der Waals surface area contributed by atoms with Crippen molar-refractivity contribution in [1.82, 2.24) is 4.98 Å². The van der Waals surface area contributed by atoms with Gasteiger partial charge in [-0.15, -0.1) is 0 Å². The summed E-state index contributed by atoms with van der Waals surface area (Å²) in [6.07, 6.45) is 5.40. The first-order chi connectivity index (χ1) is 8.76. The van der Waals surface area contributed by atoms with Crippen LogP contribution in [0.4, 0.5) is 5.82 Å². The minimum Gasteiger partial charge on any atom is -0.409 e. The van der Waals surface area contributed by atoms with E-state index >= 15 is 0 Å². The molecule has 0 aromatic carbocycles. The Morgan fingerprint density at radius 3 is 3.00 bits per heavy atom. The first-order valence-electron chi connectivity index (χ1n) is 6.44. The van der Waals surface area contributed by atoms with Gasteiger partial charge < -0.3 is 15.8 Å². The molecule has 98 valence electrons. The van der Waals surface area contributed by atoms with Crippen molar-refractivity contribution in [1.29, 1.82) is 0 Å². The minimum absolute atomic E-state index is 0.120. The van der Waals surface area contributed by atoms with Crippen LogP contribution in [0.3, 0.4) is 0 Å². The summed E-state index contributed by atoms with van der Waals surface area (Å²) in [5.41, 5.74) is 6.41. The summed E-state index contributed by atoms with van der Waals surface area (Å²) < 4.78 is 0. The van der Waals surface area contributed by atoms with E-state index in [1.165, 1.54) is 12.8 Å². The molecule has 0 spiro atoms. The molecule has 0 unspecified atom stereocenters. The number of pyridine rings is 1. The van der Waals surface area contributed by atoms with Gasteiger partial charge in [-0.1, -0.05) is 12.1 Å². The number of nitrogens with two attached hydrogens (primary N) is 1. The van der Waals surface area contributed by atoms with Crippen LogP contribution in [0.15, 0.2) is 23.5 Å². The Hall–Kier alpha value is -1.78. The molecule has 0 radical (unpaired) electrons. The van der Waals surface area contributed by atoms with Gasteiger partial charge in [0.25, 0.3) is 0 Å². The standard InChI is InChI=1S/C13H20N4O/c1-2-8-17(9-10-5-6-10)13-11(12(14)16-18)4-3-7-15-13/h3-4,7,10,18H,2,5-6,8-9H2,1H3,(H2,14,16). The molecule has 1 heterocycles. The Kier molecular flexibility index (Phi) is 4.02. The molecule has 1 aromatic heterocycles. The largest absolute Gasteiger partial charge is 0.409 e. The Morgan fingerprint density at radius 2 is 2.39 bits per heavy atom. The van der Waals surface area contributed by atoms with Crippen molar-refractivity contribution < 1.29 is 5.21 Å². The third-order valence-electron chi connectivity index (χ3n) is 3.14. The fraction of sp³-hybridized carbons (Fsp3) is 0.538. The molecular formula is C13H20N4O.